The molecule has 1 heterocycles. The van der Waals surface area contributed by atoms with Crippen LogP contribution in [0.3, 0.4) is 0 Å². The molecule has 2 rings (SSSR count). The van der Waals surface area contributed by atoms with E-state index in [1.165, 1.54) is 19.3 Å². The standard InChI is InChI=1S/C49H79O14P/c1-3-5-7-9-11-12-13-14-15-16-17-18-19-20-23-28-32-36-43(51)61-39(38-60-64(57,58)63-49-47(55)45(53)44(52)46(54)48(49)56)37-59-42(50)35-31-27-24-21-22-26-30-34-41-40(62-41)33-29-25-10-8-6-4-2/h5,7,11-12,14-15,17-18,21,24-26,29-30,39-41,44-49,52-56H,3-4,6,8-10,13,16,19-20,22-23,27-28,31-38H2,1-2H3,(H,57,58)/b7-5-,12-11-,15-14-,18-17-,24-21-,29-25-,30-26-/t39-,40?,41?,44?,45-,46+,47-,48-,49?/m1/s1. The molecule has 0 aromatic carbocycles. The number of phosphoric acid groups is 1. The first kappa shape index (κ1) is 57.1. The van der Waals surface area contributed by atoms with Crippen LogP contribution in [0.5, 0.6) is 0 Å². The van der Waals surface area contributed by atoms with Crippen molar-refractivity contribution in [1.29, 1.82) is 0 Å². The van der Waals surface area contributed by atoms with Crippen LogP contribution in [0.4, 0.5) is 0 Å². The lowest BCUT2D eigenvalue weighted by molar-refractivity contribution is -0.220. The van der Waals surface area contributed by atoms with Gasteiger partial charge in [0.1, 0.15) is 43.2 Å². The van der Waals surface area contributed by atoms with Gasteiger partial charge in [-0.2, -0.15) is 0 Å². The number of epoxide rings is 1. The van der Waals surface area contributed by atoms with E-state index in [1.54, 1.807) is 0 Å². The second-order valence-corrected chi connectivity index (χ2v) is 17.7. The Morgan fingerprint density at radius 1 is 0.562 bits per heavy atom. The molecule has 0 bridgehead atoms. The number of hydrogen-bond donors (Lipinski definition) is 6. The number of hydrogen-bond acceptors (Lipinski definition) is 13. The van der Waals surface area contributed by atoms with Crippen molar-refractivity contribution in [3.8, 4) is 0 Å². The zero-order valence-corrected chi connectivity index (χ0v) is 39.1. The molecule has 0 amide bonds. The second kappa shape index (κ2) is 35.2. The van der Waals surface area contributed by atoms with Crippen molar-refractivity contribution in [2.45, 2.75) is 197 Å². The van der Waals surface area contributed by atoms with Crippen molar-refractivity contribution in [2.24, 2.45) is 0 Å². The Kier molecular flexibility index (Phi) is 31.4. The van der Waals surface area contributed by atoms with Gasteiger partial charge in [0.25, 0.3) is 0 Å². The second-order valence-electron chi connectivity index (χ2n) is 16.3. The minimum absolute atomic E-state index is 0.0491. The number of phosphoric ester groups is 1. The van der Waals surface area contributed by atoms with Crippen LogP contribution in [-0.2, 0) is 37.4 Å². The summed E-state index contributed by atoms with van der Waals surface area (Å²) in [5.74, 6) is -1.21. The maximum Gasteiger partial charge on any atom is 0.472 e. The summed E-state index contributed by atoms with van der Waals surface area (Å²) in [6, 6.07) is 0. The van der Waals surface area contributed by atoms with Crippen molar-refractivity contribution < 1.29 is 67.8 Å². The average molecular weight is 923 g/mol. The fourth-order valence-corrected chi connectivity index (χ4v) is 7.69. The van der Waals surface area contributed by atoms with Crippen LogP contribution >= 0.6 is 7.82 Å². The van der Waals surface area contributed by atoms with E-state index >= 15 is 0 Å². The Morgan fingerprint density at radius 3 is 1.62 bits per heavy atom. The zero-order chi connectivity index (χ0) is 46.8. The van der Waals surface area contributed by atoms with Gasteiger partial charge in [0.05, 0.1) is 18.8 Å². The highest BCUT2D eigenvalue weighted by atomic mass is 31.2. The summed E-state index contributed by atoms with van der Waals surface area (Å²) in [4.78, 5) is 35.7. The smallest absolute Gasteiger partial charge is 0.462 e. The number of ether oxygens (including phenoxy) is 3. The molecule has 0 aromatic rings. The van der Waals surface area contributed by atoms with Crippen LogP contribution < -0.4 is 0 Å². The van der Waals surface area contributed by atoms with Crippen LogP contribution in [0.15, 0.2) is 85.1 Å². The van der Waals surface area contributed by atoms with E-state index in [1.807, 2.05) is 12.2 Å². The molecule has 364 valence electrons. The Morgan fingerprint density at radius 2 is 1.03 bits per heavy atom. The summed E-state index contributed by atoms with van der Waals surface area (Å²) in [7, 11) is -5.15. The number of rotatable bonds is 36. The van der Waals surface area contributed by atoms with E-state index in [4.69, 9.17) is 23.3 Å². The molecule has 5 unspecified atom stereocenters. The summed E-state index contributed by atoms with van der Waals surface area (Å²) in [5.41, 5.74) is 0. The number of allylic oxidation sites excluding steroid dienone is 12. The van der Waals surface area contributed by atoms with Gasteiger partial charge >= 0.3 is 19.8 Å². The molecule has 1 aliphatic heterocycles. The molecule has 2 aliphatic rings. The first-order chi connectivity index (χ1) is 30.9. The monoisotopic (exact) mass is 923 g/mol. The van der Waals surface area contributed by atoms with E-state index in [9.17, 15) is 44.6 Å². The van der Waals surface area contributed by atoms with Crippen LogP contribution in [-0.4, -0.2) is 111 Å². The summed E-state index contributed by atoms with van der Waals surface area (Å²) >= 11 is 0. The highest BCUT2D eigenvalue weighted by Gasteiger charge is 2.51. The number of carbonyl (C=O) groups excluding carboxylic acids is 2. The molecular formula is C49H79O14P. The molecule has 64 heavy (non-hydrogen) atoms. The molecule has 0 aromatic heterocycles. The van der Waals surface area contributed by atoms with Gasteiger partial charge in [-0.15, -0.1) is 0 Å². The van der Waals surface area contributed by atoms with Gasteiger partial charge in [-0.3, -0.25) is 18.6 Å². The van der Waals surface area contributed by atoms with Gasteiger partial charge in [-0.05, 0) is 89.9 Å². The number of aliphatic hydroxyl groups is 5. The van der Waals surface area contributed by atoms with Gasteiger partial charge in [0, 0.05) is 12.8 Å². The van der Waals surface area contributed by atoms with Gasteiger partial charge in [-0.1, -0.05) is 125 Å². The van der Waals surface area contributed by atoms with Gasteiger partial charge < -0.3 is 44.6 Å². The molecule has 1 saturated carbocycles. The molecule has 14 nitrogen and oxygen atoms in total. The zero-order valence-electron chi connectivity index (χ0n) is 38.2. The van der Waals surface area contributed by atoms with E-state index in [-0.39, 0.29) is 18.9 Å². The normalized spacial score (nSPS) is 25.5. The minimum atomic E-state index is -5.15. The van der Waals surface area contributed by atoms with Crippen LogP contribution in [0.1, 0.15) is 142 Å². The SMILES string of the molecule is CC/C=C\C/C=C\C/C=C\C/C=C\CCCCCCC(=O)O[C@H](COC(=O)CCC/C=C\C/C=C\CC1OC1C/C=C\CCCCC)COP(=O)(O)OC1[C@H](O)[C@H](O)C(O)[C@H](O)[C@H]1O. The van der Waals surface area contributed by atoms with Gasteiger partial charge in [0.15, 0.2) is 6.10 Å². The van der Waals surface area contributed by atoms with Crippen molar-refractivity contribution in [3.63, 3.8) is 0 Å². The third kappa shape index (κ3) is 26.8. The third-order valence-electron chi connectivity index (χ3n) is 10.6. The Balaban J connectivity index is 1.74. The van der Waals surface area contributed by atoms with E-state index in [0.29, 0.717) is 25.4 Å². The number of carbonyl (C=O) groups is 2. The van der Waals surface area contributed by atoms with Crippen LogP contribution in [0.25, 0.3) is 0 Å². The maximum absolute atomic E-state index is 12.8. The molecule has 0 spiro atoms. The summed E-state index contributed by atoms with van der Waals surface area (Å²) < 4.78 is 39.2. The quantitative estimate of drug-likeness (QED) is 0.0115. The first-order valence-electron chi connectivity index (χ1n) is 23.5. The van der Waals surface area contributed by atoms with E-state index in [0.717, 1.165) is 77.0 Å². The lowest BCUT2D eigenvalue weighted by Gasteiger charge is -2.41. The van der Waals surface area contributed by atoms with Crippen LogP contribution in [0.2, 0.25) is 0 Å². The summed E-state index contributed by atoms with van der Waals surface area (Å²) in [6.45, 7) is 3.07. The molecule has 10 atom stereocenters. The average Bonchev–Trinajstić information content (AvgIpc) is 4.03. The van der Waals surface area contributed by atoms with Crippen LogP contribution in [0, 0.1) is 0 Å². The third-order valence-corrected chi connectivity index (χ3v) is 11.6. The predicted octanol–water partition coefficient (Wildman–Crippen LogP) is 8.26. The number of aliphatic hydroxyl groups excluding tert-OH is 5. The van der Waals surface area contributed by atoms with Gasteiger partial charge in [0.2, 0.25) is 0 Å². The molecule has 6 N–H and O–H groups in total. The Bertz CT molecular complexity index is 1510. The Labute approximate surface area is 382 Å². The maximum atomic E-state index is 12.8. The van der Waals surface area contributed by atoms with Crippen molar-refractivity contribution in [3.05, 3.63) is 85.1 Å². The van der Waals surface area contributed by atoms with E-state index < -0.39 is 75.7 Å². The van der Waals surface area contributed by atoms with Gasteiger partial charge in [-0.25, -0.2) is 4.57 Å². The highest BCUT2D eigenvalue weighted by molar-refractivity contribution is 7.47. The molecule has 0 radical (unpaired) electrons. The summed E-state index contributed by atoms with van der Waals surface area (Å²) in [6.07, 6.45) is 33.8. The topological polar surface area (TPSA) is 222 Å². The molecule has 2 fully saturated rings. The largest absolute Gasteiger partial charge is 0.472 e. The fourth-order valence-electron chi connectivity index (χ4n) is 6.72. The summed E-state index contributed by atoms with van der Waals surface area (Å²) in [5, 5.41) is 50.2. The van der Waals surface area contributed by atoms with Crippen molar-refractivity contribution in [1.82, 2.24) is 0 Å². The molecule has 15 heteroatoms. The lowest BCUT2D eigenvalue weighted by Crippen LogP contribution is -2.64. The lowest BCUT2D eigenvalue weighted by atomic mass is 9.85. The molecular weight excluding hydrogens is 843 g/mol. The number of unbranched alkanes of at least 4 members (excludes halogenated alkanes) is 8. The number of esters is 2. The first-order valence-corrected chi connectivity index (χ1v) is 25.0. The molecule has 1 aliphatic carbocycles. The minimum Gasteiger partial charge on any atom is -0.462 e. The van der Waals surface area contributed by atoms with Crippen molar-refractivity contribution in [2.75, 3.05) is 13.2 Å². The van der Waals surface area contributed by atoms with Crippen molar-refractivity contribution >= 4 is 19.8 Å². The fraction of sp³-hybridized carbons (Fsp3) is 0.673. The Hall–Kier alpha value is -3.01. The predicted molar refractivity (Wildman–Crippen MR) is 248 cm³/mol. The molecule has 1 saturated heterocycles. The van der Waals surface area contributed by atoms with E-state index in [2.05, 4.69) is 86.8 Å². The highest BCUT2D eigenvalue weighted by Crippen LogP contribution is 2.47.